The molecule has 1 rings (SSSR count). The lowest BCUT2D eigenvalue weighted by atomic mass is 10.2. The highest BCUT2D eigenvalue weighted by Crippen LogP contribution is 2.05. The van der Waals surface area contributed by atoms with Crippen LogP contribution in [0, 0.1) is 0 Å². The fraction of sp³-hybridized carbons (Fsp3) is 1.00. The topological polar surface area (TPSA) is 24.6 Å². The van der Waals surface area contributed by atoms with Gasteiger partial charge in [0.15, 0.2) is 0 Å². The van der Waals surface area contributed by atoms with E-state index in [9.17, 15) is 0 Å². The summed E-state index contributed by atoms with van der Waals surface area (Å²) in [7, 11) is 0. The second-order valence-electron chi connectivity index (χ2n) is 2.87. The van der Waals surface area contributed by atoms with Gasteiger partial charge in [0.1, 0.15) is 0 Å². The molecule has 60 valence electrons. The van der Waals surface area contributed by atoms with Crippen molar-refractivity contribution in [1.82, 2.24) is 5.32 Å². The molecule has 0 aliphatic carbocycles. The van der Waals surface area contributed by atoms with E-state index in [1.165, 1.54) is 19.3 Å². The summed E-state index contributed by atoms with van der Waals surface area (Å²) in [4.78, 5) is 0. The van der Waals surface area contributed by atoms with Gasteiger partial charge in [-0.3, -0.25) is 0 Å². The van der Waals surface area contributed by atoms with E-state index in [1.54, 1.807) is 0 Å². The van der Waals surface area contributed by atoms with E-state index >= 15 is 0 Å². The summed E-state index contributed by atoms with van der Waals surface area (Å²) in [5, 5.41) is 3.36. The van der Waals surface area contributed by atoms with E-state index < -0.39 is 0 Å². The maximum absolute atomic E-state index is 5.05. The lowest BCUT2D eigenvalue weighted by Gasteiger charge is -1.99. The summed E-state index contributed by atoms with van der Waals surface area (Å²) < 4.78 is 5.05. The Hall–Kier alpha value is -0.0800. The van der Waals surface area contributed by atoms with E-state index in [4.69, 9.17) is 4.74 Å². The third-order valence-corrected chi connectivity index (χ3v) is 1.73. The summed E-state index contributed by atoms with van der Waals surface area (Å²) in [6.07, 6.45) is 4.50. The second-order valence-corrected chi connectivity index (χ2v) is 2.87. The monoisotopic (exact) mass is 143 g/mol. The molecule has 0 aromatic rings. The average Bonchev–Trinajstić information content (AvgIpc) is 2.71. The van der Waals surface area contributed by atoms with Crippen LogP contribution in [-0.2, 0) is 4.74 Å². The lowest BCUT2D eigenvalue weighted by molar-refractivity contribution is 0.396. The van der Waals surface area contributed by atoms with Gasteiger partial charge in [-0.25, -0.2) is 0 Å². The standard InChI is InChI=1S/C8H17NO/c1-2-3-4-5-9-6-8-7-10-8/h8-9H,2-7H2,1H3. The van der Waals surface area contributed by atoms with Crippen LogP contribution in [0.5, 0.6) is 0 Å². The van der Waals surface area contributed by atoms with Crippen LogP contribution in [0.4, 0.5) is 0 Å². The first-order valence-corrected chi connectivity index (χ1v) is 4.26. The molecule has 1 saturated heterocycles. The predicted molar refractivity (Wildman–Crippen MR) is 42.1 cm³/mol. The molecule has 0 aromatic carbocycles. The molecule has 2 nitrogen and oxygen atoms in total. The van der Waals surface area contributed by atoms with Crippen molar-refractivity contribution >= 4 is 0 Å². The van der Waals surface area contributed by atoms with Crippen molar-refractivity contribution in [1.29, 1.82) is 0 Å². The van der Waals surface area contributed by atoms with Crippen LogP contribution in [-0.4, -0.2) is 25.8 Å². The summed E-state index contributed by atoms with van der Waals surface area (Å²) in [5.74, 6) is 0. The molecule has 10 heavy (non-hydrogen) atoms. The minimum Gasteiger partial charge on any atom is -0.372 e. The van der Waals surface area contributed by atoms with Gasteiger partial charge in [-0.1, -0.05) is 19.8 Å². The number of nitrogens with one attached hydrogen (secondary N) is 1. The second kappa shape index (κ2) is 4.69. The van der Waals surface area contributed by atoms with Crippen LogP contribution >= 0.6 is 0 Å². The van der Waals surface area contributed by atoms with Gasteiger partial charge in [0.2, 0.25) is 0 Å². The number of rotatable bonds is 6. The molecule has 2 heteroatoms. The van der Waals surface area contributed by atoms with Gasteiger partial charge in [-0.2, -0.15) is 0 Å². The largest absolute Gasteiger partial charge is 0.372 e. The van der Waals surface area contributed by atoms with E-state index in [0.29, 0.717) is 6.10 Å². The minimum atomic E-state index is 0.543. The van der Waals surface area contributed by atoms with Crippen molar-refractivity contribution in [2.45, 2.75) is 32.3 Å². The molecule has 0 bridgehead atoms. The zero-order chi connectivity index (χ0) is 7.23. The molecule has 1 aliphatic heterocycles. The first-order chi connectivity index (χ1) is 4.93. The molecule has 1 heterocycles. The summed E-state index contributed by atoms with van der Waals surface area (Å²) in [5.41, 5.74) is 0. The summed E-state index contributed by atoms with van der Waals surface area (Å²) in [6, 6.07) is 0. The van der Waals surface area contributed by atoms with Gasteiger partial charge < -0.3 is 10.1 Å². The minimum absolute atomic E-state index is 0.543. The van der Waals surface area contributed by atoms with Crippen molar-refractivity contribution < 1.29 is 4.74 Å². The van der Waals surface area contributed by atoms with E-state index in [1.807, 2.05) is 0 Å². The van der Waals surface area contributed by atoms with Crippen LogP contribution < -0.4 is 5.32 Å². The molecule has 1 unspecified atom stereocenters. The van der Waals surface area contributed by atoms with E-state index in [0.717, 1.165) is 19.7 Å². The third-order valence-electron chi connectivity index (χ3n) is 1.73. The molecule has 1 aliphatic rings. The first kappa shape index (κ1) is 8.02. The maximum atomic E-state index is 5.05. The van der Waals surface area contributed by atoms with E-state index in [-0.39, 0.29) is 0 Å². The van der Waals surface area contributed by atoms with Gasteiger partial charge >= 0.3 is 0 Å². The molecule has 0 amide bonds. The van der Waals surface area contributed by atoms with Gasteiger partial charge in [0.05, 0.1) is 12.7 Å². The maximum Gasteiger partial charge on any atom is 0.0933 e. The highest BCUT2D eigenvalue weighted by Gasteiger charge is 2.20. The van der Waals surface area contributed by atoms with Crippen LogP contribution in [0.25, 0.3) is 0 Å². The molecule has 0 radical (unpaired) electrons. The molecule has 0 saturated carbocycles. The number of hydrogen-bond donors (Lipinski definition) is 1. The Bertz CT molecular complexity index is 81.3. The quantitative estimate of drug-likeness (QED) is 0.446. The van der Waals surface area contributed by atoms with Crippen LogP contribution in [0.3, 0.4) is 0 Å². The Balaban J connectivity index is 1.68. The fourth-order valence-electron chi connectivity index (χ4n) is 0.949. The molecule has 0 spiro atoms. The van der Waals surface area contributed by atoms with Crippen LogP contribution in [0.1, 0.15) is 26.2 Å². The molecule has 1 N–H and O–H groups in total. The van der Waals surface area contributed by atoms with E-state index in [2.05, 4.69) is 12.2 Å². The van der Waals surface area contributed by atoms with Crippen molar-refractivity contribution in [2.24, 2.45) is 0 Å². The highest BCUT2D eigenvalue weighted by molar-refractivity contribution is 4.71. The predicted octanol–water partition coefficient (Wildman–Crippen LogP) is 1.16. The van der Waals surface area contributed by atoms with Gasteiger partial charge in [-0.15, -0.1) is 0 Å². The SMILES string of the molecule is CCCCCNCC1CO1. The number of hydrogen-bond acceptors (Lipinski definition) is 2. The number of epoxide rings is 1. The third kappa shape index (κ3) is 3.85. The van der Waals surface area contributed by atoms with Crippen molar-refractivity contribution in [2.75, 3.05) is 19.7 Å². The summed E-state index contributed by atoms with van der Waals surface area (Å²) in [6.45, 7) is 5.42. The normalized spacial score (nSPS) is 23.1. The molecular formula is C8H17NO. The summed E-state index contributed by atoms with van der Waals surface area (Å²) >= 11 is 0. The molecular weight excluding hydrogens is 126 g/mol. The fourth-order valence-corrected chi connectivity index (χ4v) is 0.949. The lowest BCUT2D eigenvalue weighted by Crippen LogP contribution is -2.20. The molecule has 1 fully saturated rings. The Labute approximate surface area is 63.0 Å². The zero-order valence-corrected chi connectivity index (χ0v) is 6.73. The highest BCUT2D eigenvalue weighted by atomic mass is 16.6. The van der Waals surface area contributed by atoms with Crippen LogP contribution in [0.15, 0.2) is 0 Å². The Morgan fingerprint density at radius 2 is 2.30 bits per heavy atom. The molecule has 0 aromatic heterocycles. The van der Waals surface area contributed by atoms with Crippen molar-refractivity contribution in [3.05, 3.63) is 0 Å². The Morgan fingerprint density at radius 3 is 2.90 bits per heavy atom. The molecule has 1 atom stereocenters. The van der Waals surface area contributed by atoms with Crippen molar-refractivity contribution in [3.63, 3.8) is 0 Å². The number of unbranched alkanes of at least 4 members (excludes halogenated alkanes) is 2. The smallest absolute Gasteiger partial charge is 0.0933 e. The number of ether oxygens (including phenoxy) is 1. The van der Waals surface area contributed by atoms with Crippen LogP contribution in [0.2, 0.25) is 0 Å². The van der Waals surface area contributed by atoms with Gasteiger partial charge in [0.25, 0.3) is 0 Å². The first-order valence-electron chi connectivity index (χ1n) is 4.26. The Morgan fingerprint density at radius 1 is 1.50 bits per heavy atom. The Kier molecular flexibility index (Phi) is 3.76. The zero-order valence-electron chi connectivity index (χ0n) is 6.73. The average molecular weight is 143 g/mol. The van der Waals surface area contributed by atoms with Crippen molar-refractivity contribution in [3.8, 4) is 0 Å². The van der Waals surface area contributed by atoms with Gasteiger partial charge in [-0.05, 0) is 13.0 Å². The van der Waals surface area contributed by atoms with Gasteiger partial charge in [0, 0.05) is 6.54 Å².